The maximum Gasteiger partial charge on any atom is 0.416 e. The van der Waals surface area contributed by atoms with Gasteiger partial charge in [-0.2, -0.15) is 26.3 Å². The van der Waals surface area contributed by atoms with Crippen LogP contribution in [0.4, 0.5) is 26.3 Å². The summed E-state index contributed by atoms with van der Waals surface area (Å²) in [5.41, 5.74) is 2.69. The van der Waals surface area contributed by atoms with E-state index in [1.165, 1.54) is 65.1 Å². The molecule has 0 aliphatic heterocycles. The van der Waals surface area contributed by atoms with Crippen LogP contribution < -0.4 is 15.4 Å². The summed E-state index contributed by atoms with van der Waals surface area (Å²) in [5.74, 6) is -2.52. The number of amides is 2. The summed E-state index contributed by atoms with van der Waals surface area (Å²) in [5, 5.41) is 24.8. The van der Waals surface area contributed by atoms with E-state index in [0.717, 1.165) is 35.4 Å². The molecule has 0 spiro atoms. The standard InChI is InChI=1S/C26H18ClF3N2O4.C26H20ClF3N2O3/c27-18-13-19-7-10-22(36-20-8-5-17(6-9-20)26(28,29)30)32(19)21(14-18)23(33)31-25(11-12-25)16-3-1-15(2-4-16)24(34)35;1-15(17-4-6-18(7-5-17)25(34)35)31-24(33)23-14-20(27)13-22-11-10-21(32(22)23)12-16-2-8-19(9-3-16)26(28,29)30/h1-10,13-14H,11-12H2,(H,31,33)(H,34,35);2-11,13-15H,12H2,1H3,(H,31,33)(H,34,35)/t;15-/m.0/s1. The topological polar surface area (TPSA) is 151 Å². The van der Waals surface area contributed by atoms with Gasteiger partial charge in [0.1, 0.15) is 17.1 Å². The Labute approximate surface area is 409 Å². The van der Waals surface area contributed by atoms with Crippen LogP contribution in [0.3, 0.4) is 0 Å². The Morgan fingerprint density at radius 3 is 1.65 bits per heavy atom. The maximum atomic E-state index is 13.4. The van der Waals surface area contributed by atoms with Crippen LogP contribution in [0.1, 0.15) is 101 Å². The molecule has 0 saturated heterocycles. The second kappa shape index (κ2) is 19.6. The van der Waals surface area contributed by atoms with Crippen LogP contribution in [0.25, 0.3) is 11.0 Å². The van der Waals surface area contributed by atoms with E-state index in [2.05, 4.69) is 10.6 Å². The van der Waals surface area contributed by atoms with Crippen molar-refractivity contribution in [2.45, 2.75) is 50.1 Å². The molecule has 4 N–H and O–H groups in total. The molecule has 11 nitrogen and oxygen atoms in total. The molecule has 0 unspecified atom stereocenters. The van der Waals surface area contributed by atoms with Crippen LogP contribution in [0.5, 0.6) is 11.6 Å². The minimum Gasteiger partial charge on any atom is -0.478 e. The maximum absolute atomic E-state index is 13.4. The smallest absolute Gasteiger partial charge is 0.416 e. The first-order valence-corrected chi connectivity index (χ1v) is 22.3. The number of hydrogen-bond donors (Lipinski definition) is 4. The predicted molar refractivity (Wildman–Crippen MR) is 252 cm³/mol. The number of halogens is 8. The summed E-state index contributed by atoms with van der Waals surface area (Å²) in [6, 6.07) is 34.5. The van der Waals surface area contributed by atoms with Crippen molar-refractivity contribution in [1.29, 1.82) is 0 Å². The molecule has 1 aliphatic rings. The Hall–Kier alpha value is -7.76. The third-order valence-electron chi connectivity index (χ3n) is 11.8. The third kappa shape index (κ3) is 11.2. The number of pyridine rings is 2. The first-order valence-electron chi connectivity index (χ1n) is 21.5. The number of aromatic carboxylic acids is 2. The number of carboxylic acid groups (broad SMARTS) is 2. The molecule has 1 aliphatic carbocycles. The van der Waals surface area contributed by atoms with Gasteiger partial charge in [-0.1, -0.05) is 59.6 Å². The first-order chi connectivity index (χ1) is 33.6. The molecule has 1 atom stereocenters. The van der Waals surface area contributed by atoms with E-state index in [0.29, 0.717) is 51.6 Å². The van der Waals surface area contributed by atoms with Crippen LogP contribution in [-0.4, -0.2) is 42.8 Å². The molecule has 71 heavy (non-hydrogen) atoms. The molecular weight excluding hydrogens is 977 g/mol. The lowest BCUT2D eigenvalue weighted by atomic mass is 10.0. The Bertz CT molecular complexity index is 3310. The summed E-state index contributed by atoms with van der Waals surface area (Å²) in [4.78, 5) is 48.8. The molecule has 8 aromatic rings. The van der Waals surface area contributed by atoms with Gasteiger partial charge in [0.25, 0.3) is 11.8 Å². The van der Waals surface area contributed by atoms with Gasteiger partial charge >= 0.3 is 24.3 Å². The molecule has 0 radical (unpaired) electrons. The second-order valence-corrected chi connectivity index (χ2v) is 17.5. The van der Waals surface area contributed by atoms with Crippen molar-refractivity contribution in [2.24, 2.45) is 0 Å². The molecule has 19 heteroatoms. The molecule has 0 bridgehead atoms. The largest absolute Gasteiger partial charge is 0.478 e. The number of fused-ring (bicyclic) bond motifs is 2. The average molecular weight is 1020 g/mol. The summed E-state index contributed by atoms with van der Waals surface area (Å²) in [6.07, 6.45) is -7.22. The number of ether oxygens (including phenoxy) is 1. The molecule has 9 rings (SSSR count). The summed E-state index contributed by atoms with van der Waals surface area (Å²) in [7, 11) is 0. The normalized spacial score (nSPS) is 13.5. The van der Waals surface area contributed by atoms with E-state index in [1.807, 2.05) is 0 Å². The van der Waals surface area contributed by atoms with Gasteiger partial charge in [0.05, 0.1) is 39.4 Å². The average Bonchev–Trinajstić information content (AvgIpc) is 3.84. The molecule has 4 aromatic heterocycles. The lowest BCUT2D eigenvalue weighted by Gasteiger charge is -2.19. The van der Waals surface area contributed by atoms with E-state index in [-0.39, 0.29) is 34.1 Å². The minimum atomic E-state index is -4.46. The van der Waals surface area contributed by atoms with E-state index in [9.17, 15) is 45.5 Å². The van der Waals surface area contributed by atoms with E-state index >= 15 is 0 Å². The summed E-state index contributed by atoms with van der Waals surface area (Å²) >= 11 is 12.5. The van der Waals surface area contributed by atoms with Crippen LogP contribution in [-0.2, 0) is 24.3 Å². The van der Waals surface area contributed by atoms with Crippen molar-refractivity contribution < 1.29 is 60.5 Å². The van der Waals surface area contributed by atoms with Gasteiger partial charge in [0.2, 0.25) is 5.88 Å². The number of alkyl halides is 6. The van der Waals surface area contributed by atoms with Gasteiger partial charge in [0, 0.05) is 33.7 Å². The van der Waals surface area contributed by atoms with Crippen molar-refractivity contribution in [3.63, 3.8) is 0 Å². The Morgan fingerprint density at radius 1 is 0.634 bits per heavy atom. The van der Waals surface area contributed by atoms with E-state index in [1.54, 1.807) is 72.0 Å². The highest BCUT2D eigenvalue weighted by atomic mass is 35.5. The number of benzene rings is 4. The van der Waals surface area contributed by atoms with E-state index in [4.69, 9.17) is 38.2 Å². The van der Waals surface area contributed by atoms with Gasteiger partial charge in [-0.3, -0.25) is 14.0 Å². The predicted octanol–water partition coefficient (Wildman–Crippen LogP) is 12.9. The number of carbonyl (C=O) groups is 4. The number of rotatable bonds is 12. The van der Waals surface area contributed by atoms with Crippen molar-refractivity contribution in [3.05, 3.63) is 212 Å². The molecule has 364 valence electrons. The van der Waals surface area contributed by atoms with Crippen LogP contribution in [0.15, 0.2) is 146 Å². The fourth-order valence-electron chi connectivity index (χ4n) is 7.96. The zero-order valence-corrected chi connectivity index (χ0v) is 38.4. The monoisotopic (exact) mass is 1010 g/mol. The number of aromatic nitrogens is 2. The zero-order valence-electron chi connectivity index (χ0n) is 36.9. The van der Waals surface area contributed by atoms with Gasteiger partial charge in [0.15, 0.2) is 0 Å². The van der Waals surface area contributed by atoms with Gasteiger partial charge in [-0.25, -0.2) is 9.59 Å². The van der Waals surface area contributed by atoms with Crippen LogP contribution in [0.2, 0.25) is 10.0 Å². The van der Waals surface area contributed by atoms with Crippen molar-refractivity contribution in [2.75, 3.05) is 0 Å². The fourth-order valence-corrected chi connectivity index (χ4v) is 8.39. The Balaban J connectivity index is 0.000000191. The van der Waals surface area contributed by atoms with Crippen molar-refractivity contribution in [3.8, 4) is 11.6 Å². The lowest BCUT2D eigenvalue weighted by Crippen LogP contribution is -2.35. The highest BCUT2D eigenvalue weighted by Gasteiger charge is 2.46. The van der Waals surface area contributed by atoms with Crippen molar-refractivity contribution >= 4 is 58.0 Å². The summed E-state index contributed by atoms with van der Waals surface area (Å²) in [6.45, 7) is 1.77. The van der Waals surface area contributed by atoms with Crippen molar-refractivity contribution in [1.82, 2.24) is 19.4 Å². The van der Waals surface area contributed by atoms with Gasteiger partial charge < -0.3 is 30.0 Å². The zero-order chi connectivity index (χ0) is 51.0. The third-order valence-corrected chi connectivity index (χ3v) is 12.2. The Morgan fingerprint density at radius 2 is 1.13 bits per heavy atom. The fraction of sp³-hybridized carbons (Fsp3) is 0.154. The first kappa shape index (κ1) is 49.7. The Kier molecular flexibility index (Phi) is 13.7. The number of hydrogen-bond acceptors (Lipinski definition) is 5. The minimum absolute atomic E-state index is 0.143. The van der Waals surface area contributed by atoms with Gasteiger partial charge in [-0.05, 0) is 140 Å². The summed E-state index contributed by atoms with van der Waals surface area (Å²) < 4.78 is 86.3. The number of nitrogens with zero attached hydrogens (tertiary/aromatic N) is 2. The molecule has 1 fully saturated rings. The highest BCUT2D eigenvalue weighted by Crippen LogP contribution is 2.46. The second-order valence-electron chi connectivity index (χ2n) is 16.7. The van der Waals surface area contributed by atoms with Crippen LogP contribution in [0, 0.1) is 0 Å². The number of nitrogens with one attached hydrogen (secondary N) is 2. The highest BCUT2D eigenvalue weighted by molar-refractivity contribution is 6.31. The lowest BCUT2D eigenvalue weighted by molar-refractivity contribution is -0.138. The quantitative estimate of drug-likeness (QED) is 0.0890. The SMILES string of the molecule is C[C@H](NC(=O)c1cc(Cl)cc2ccc(Cc3ccc(C(F)(F)F)cc3)n12)c1ccc(C(=O)O)cc1.O=C(O)c1ccc(C2(NC(=O)c3cc(Cl)cc4ccc(Oc5ccc(C(F)(F)F)cc5)n34)CC2)cc1. The molecule has 1 saturated carbocycles. The molecule has 2 amide bonds. The molecule has 4 heterocycles. The number of carbonyl (C=O) groups excluding carboxylic acids is 2. The molecular formula is C52H38Cl2F6N4O7. The van der Waals surface area contributed by atoms with Crippen LogP contribution >= 0.6 is 23.2 Å². The van der Waals surface area contributed by atoms with E-state index < -0.39 is 58.8 Å². The number of carboxylic acids is 2. The molecule has 4 aromatic carbocycles. The van der Waals surface area contributed by atoms with Gasteiger partial charge in [-0.15, -0.1) is 0 Å².